The maximum absolute atomic E-state index is 6.47. The van der Waals surface area contributed by atoms with Crippen LogP contribution in [-0.2, 0) is 0 Å². The van der Waals surface area contributed by atoms with Crippen LogP contribution in [0.3, 0.4) is 0 Å². The van der Waals surface area contributed by atoms with Crippen molar-refractivity contribution in [1.29, 1.82) is 0 Å². The summed E-state index contributed by atoms with van der Waals surface area (Å²) >= 11 is 1.85. The SMILES string of the molecule is c1ccc(-c2ccc(-c3ccc4ccccc4c3)cc2N(c2ccc(-c3cccc4c3oc3ccccc34)cc2)c2cccc3sc4ccccc4c23)cc1. The molecule has 0 atom stereocenters. The first-order valence-electron chi connectivity index (χ1n) is 18.7. The summed E-state index contributed by atoms with van der Waals surface area (Å²) in [5, 5.41) is 7.27. The fraction of sp³-hybridized carbons (Fsp3) is 0. The topological polar surface area (TPSA) is 16.4 Å². The van der Waals surface area contributed by atoms with E-state index < -0.39 is 0 Å². The third-order valence-corrected chi connectivity index (χ3v) is 12.0. The number of hydrogen-bond acceptors (Lipinski definition) is 3. The summed E-state index contributed by atoms with van der Waals surface area (Å²) in [6, 6.07) is 72.3. The lowest BCUT2D eigenvalue weighted by Gasteiger charge is -2.29. The minimum atomic E-state index is 0.906. The van der Waals surface area contributed by atoms with Crippen LogP contribution >= 0.6 is 11.3 Å². The van der Waals surface area contributed by atoms with Crippen molar-refractivity contribution in [2.24, 2.45) is 0 Å². The molecule has 0 spiro atoms. The molecule has 0 amide bonds. The van der Waals surface area contributed by atoms with Crippen molar-refractivity contribution in [1.82, 2.24) is 0 Å². The quantitative estimate of drug-likeness (QED) is 0.170. The van der Waals surface area contributed by atoms with Crippen LogP contribution in [0, 0.1) is 0 Å². The van der Waals surface area contributed by atoms with Crippen LogP contribution in [0.5, 0.6) is 0 Å². The number of rotatable bonds is 6. The molecule has 0 fully saturated rings. The zero-order valence-corrected chi connectivity index (χ0v) is 30.6. The maximum atomic E-state index is 6.47. The second-order valence-electron chi connectivity index (χ2n) is 14.1. The van der Waals surface area contributed by atoms with Crippen molar-refractivity contribution in [2.75, 3.05) is 4.90 Å². The molecule has 0 aliphatic heterocycles. The van der Waals surface area contributed by atoms with Gasteiger partial charge in [-0.15, -0.1) is 11.3 Å². The largest absolute Gasteiger partial charge is 0.455 e. The number of hydrogen-bond donors (Lipinski definition) is 0. The molecule has 0 bridgehead atoms. The van der Waals surface area contributed by atoms with Crippen LogP contribution in [-0.4, -0.2) is 0 Å². The highest BCUT2D eigenvalue weighted by Gasteiger charge is 2.23. The van der Waals surface area contributed by atoms with Gasteiger partial charge in [0.05, 0.1) is 11.4 Å². The Morgan fingerprint density at radius 2 is 1.04 bits per heavy atom. The molecule has 11 aromatic rings. The Morgan fingerprint density at radius 1 is 0.382 bits per heavy atom. The molecule has 0 aliphatic carbocycles. The van der Waals surface area contributed by atoms with Gasteiger partial charge >= 0.3 is 0 Å². The molecule has 258 valence electrons. The number of benzene rings is 9. The zero-order valence-electron chi connectivity index (χ0n) is 29.8. The third-order valence-electron chi connectivity index (χ3n) is 10.9. The van der Waals surface area contributed by atoms with Crippen molar-refractivity contribution in [3.05, 3.63) is 200 Å². The Balaban J connectivity index is 1.16. The normalized spacial score (nSPS) is 11.6. The van der Waals surface area contributed by atoms with Gasteiger partial charge in [-0.3, -0.25) is 0 Å². The van der Waals surface area contributed by atoms with E-state index in [0.29, 0.717) is 0 Å². The maximum Gasteiger partial charge on any atom is 0.143 e. The van der Waals surface area contributed by atoms with Crippen molar-refractivity contribution >= 4 is 81.3 Å². The van der Waals surface area contributed by atoms with E-state index in [4.69, 9.17) is 4.42 Å². The highest BCUT2D eigenvalue weighted by atomic mass is 32.1. The van der Waals surface area contributed by atoms with Gasteiger partial charge in [0.2, 0.25) is 0 Å². The number of para-hydroxylation sites is 2. The van der Waals surface area contributed by atoms with Gasteiger partial charge in [0.1, 0.15) is 11.2 Å². The van der Waals surface area contributed by atoms with Gasteiger partial charge in [-0.2, -0.15) is 0 Å². The van der Waals surface area contributed by atoms with Gasteiger partial charge in [0.25, 0.3) is 0 Å². The summed E-state index contributed by atoms with van der Waals surface area (Å²) in [7, 11) is 0. The average Bonchev–Trinajstić information content (AvgIpc) is 3.83. The summed E-state index contributed by atoms with van der Waals surface area (Å²) in [6.45, 7) is 0. The lowest BCUT2D eigenvalue weighted by Crippen LogP contribution is -2.12. The Labute approximate surface area is 322 Å². The molecule has 2 heterocycles. The van der Waals surface area contributed by atoms with E-state index in [9.17, 15) is 0 Å². The van der Waals surface area contributed by atoms with Crippen LogP contribution in [0.2, 0.25) is 0 Å². The molecule has 3 heteroatoms. The Bertz CT molecular complexity index is 3210. The summed E-state index contributed by atoms with van der Waals surface area (Å²) in [5.74, 6) is 0. The van der Waals surface area contributed by atoms with Gasteiger partial charge < -0.3 is 9.32 Å². The number of anilines is 3. The van der Waals surface area contributed by atoms with E-state index in [-0.39, 0.29) is 0 Å². The summed E-state index contributed by atoms with van der Waals surface area (Å²) in [5.41, 5.74) is 12.1. The van der Waals surface area contributed by atoms with Gasteiger partial charge in [-0.1, -0.05) is 152 Å². The number of furan rings is 1. The molecule has 0 N–H and O–H groups in total. The van der Waals surface area contributed by atoms with Gasteiger partial charge in [0.15, 0.2) is 0 Å². The molecule has 0 unspecified atom stereocenters. The van der Waals surface area contributed by atoms with Crippen molar-refractivity contribution in [3.63, 3.8) is 0 Å². The predicted octanol–water partition coefficient (Wildman–Crippen LogP) is 15.6. The molecule has 2 aromatic heterocycles. The van der Waals surface area contributed by atoms with Crippen LogP contribution in [0.4, 0.5) is 17.1 Å². The standard InChI is InChI=1S/C52H33NOS/c1-2-13-35(14-3-1)41-31-28-39(38-25-24-34-12-4-5-15-37(34)32-38)33-47(41)53(46-20-11-23-50-51(46)45-17-7-9-22-49(45)55-50)40-29-26-36(27-30-40)42-18-10-19-44-43-16-6-8-21-48(43)54-52(42)44/h1-33H. The Hall–Kier alpha value is -6.94. The lowest BCUT2D eigenvalue weighted by molar-refractivity contribution is 0.670. The van der Waals surface area contributed by atoms with Crippen molar-refractivity contribution in [2.45, 2.75) is 0 Å². The average molecular weight is 720 g/mol. The van der Waals surface area contributed by atoms with E-state index >= 15 is 0 Å². The molecule has 11 rings (SSSR count). The fourth-order valence-electron chi connectivity index (χ4n) is 8.24. The molecule has 0 radical (unpaired) electrons. The second-order valence-corrected chi connectivity index (χ2v) is 15.2. The van der Waals surface area contributed by atoms with Crippen LogP contribution in [0.15, 0.2) is 205 Å². The summed E-state index contributed by atoms with van der Waals surface area (Å²) < 4.78 is 9.02. The minimum Gasteiger partial charge on any atom is -0.455 e. The molecule has 9 aromatic carbocycles. The highest BCUT2D eigenvalue weighted by molar-refractivity contribution is 7.26. The number of nitrogens with zero attached hydrogens (tertiary/aromatic N) is 1. The molecule has 2 nitrogen and oxygen atoms in total. The number of fused-ring (bicyclic) bond motifs is 7. The smallest absolute Gasteiger partial charge is 0.143 e. The minimum absolute atomic E-state index is 0.906. The van der Waals surface area contributed by atoms with Gasteiger partial charge in [-0.25, -0.2) is 0 Å². The van der Waals surface area contributed by atoms with Crippen LogP contribution in [0.1, 0.15) is 0 Å². The van der Waals surface area contributed by atoms with E-state index in [0.717, 1.165) is 55.7 Å². The predicted molar refractivity (Wildman–Crippen MR) is 235 cm³/mol. The highest BCUT2D eigenvalue weighted by Crippen LogP contribution is 2.48. The van der Waals surface area contributed by atoms with Crippen LogP contribution < -0.4 is 4.90 Å². The molecular formula is C52H33NOS. The first-order chi connectivity index (χ1) is 27.3. The van der Waals surface area contributed by atoms with E-state index in [2.05, 4.69) is 193 Å². The zero-order chi connectivity index (χ0) is 36.3. The molecule has 55 heavy (non-hydrogen) atoms. The Morgan fingerprint density at radius 3 is 1.93 bits per heavy atom. The fourth-order valence-corrected chi connectivity index (χ4v) is 9.37. The van der Waals surface area contributed by atoms with E-state index in [1.807, 2.05) is 23.5 Å². The van der Waals surface area contributed by atoms with E-state index in [1.165, 1.54) is 47.6 Å². The monoisotopic (exact) mass is 719 g/mol. The first kappa shape index (κ1) is 31.6. The molecule has 0 saturated heterocycles. The molecular weight excluding hydrogens is 687 g/mol. The second kappa shape index (κ2) is 12.9. The molecule has 0 aliphatic rings. The Kier molecular flexibility index (Phi) is 7.39. The van der Waals surface area contributed by atoms with Crippen LogP contribution in [0.25, 0.3) is 86.3 Å². The van der Waals surface area contributed by atoms with Gasteiger partial charge in [0, 0.05) is 47.8 Å². The lowest BCUT2D eigenvalue weighted by atomic mass is 9.95. The van der Waals surface area contributed by atoms with Crippen molar-refractivity contribution < 1.29 is 4.42 Å². The number of thiophene rings is 1. The first-order valence-corrected chi connectivity index (χ1v) is 19.5. The van der Waals surface area contributed by atoms with Crippen molar-refractivity contribution in [3.8, 4) is 33.4 Å². The van der Waals surface area contributed by atoms with E-state index in [1.54, 1.807) is 0 Å². The molecule has 0 saturated carbocycles. The summed E-state index contributed by atoms with van der Waals surface area (Å²) in [4.78, 5) is 2.47. The van der Waals surface area contributed by atoms with Gasteiger partial charge in [-0.05, 0) is 81.6 Å². The summed E-state index contributed by atoms with van der Waals surface area (Å²) in [6.07, 6.45) is 0. The third kappa shape index (κ3) is 5.32.